The number of esters is 2. The van der Waals surface area contributed by atoms with Crippen molar-refractivity contribution in [2.75, 3.05) is 6.61 Å². The summed E-state index contributed by atoms with van der Waals surface area (Å²) in [6.07, 6.45) is -13.0. The summed E-state index contributed by atoms with van der Waals surface area (Å²) in [4.78, 5) is 22.7. The molecule has 0 bridgehead atoms. The van der Waals surface area contributed by atoms with Crippen LogP contribution in [0.5, 0.6) is 0 Å². The minimum absolute atomic E-state index is 0.187. The molecule has 0 spiro atoms. The lowest BCUT2D eigenvalue weighted by Crippen LogP contribution is -2.77. The summed E-state index contributed by atoms with van der Waals surface area (Å²) in [6.45, 7) is 4.36. The van der Waals surface area contributed by atoms with Gasteiger partial charge in [-0.3, -0.25) is 0 Å². The molecule has 284 valence electrons. The summed E-state index contributed by atoms with van der Waals surface area (Å²) in [6, 6.07) is 0.526. The molecule has 0 rings (SSSR count). The highest BCUT2D eigenvalue weighted by Crippen LogP contribution is 2.66. The second-order valence-corrected chi connectivity index (χ2v) is 16.6. The number of rotatable bonds is 17. The van der Waals surface area contributed by atoms with Gasteiger partial charge >= 0.3 is 71.3 Å². The van der Waals surface area contributed by atoms with Gasteiger partial charge in [0.25, 0.3) is 0 Å². The van der Waals surface area contributed by atoms with Crippen molar-refractivity contribution in [1.29, 1.82) is 0 Å². The summed E-state index contributed by atoms with van der Waals surface area (Å²) in [5.41, 5.74) is 0. The smallest absolute Gasteiger partial charge is 0.463 e. The number of carbonyl (C=O) groups is 2. The van der Waals surface area contributed by atoms with Crippen LogP contribution in [0.15, 0.2) is 12.2 Å². The van der Waals surface area contributed by atoms with Gasteiger partial charge in [0.15, 0.2) is 6.17 Å². The summed E-state index contributed by atoms with van der Waals surface area (Å²) in [7, 11) is -1.68. The van der Waals surface area contributed by atoms with Crippen LogP contribution in [0.2, 0.25) is 25.7 Å². The number of hydrogen-bond donors (Lipinski definition) is 0. The minimum atomic E-state index is -9.30. The van der Waals surface area contributed by atoms with Gasteiger partial charge in [0.2, 0.25) is 0 Å². The van der Waals surface area contributed by atoms with E-state index in [1.165, 1.54) is 0 Å². The van der Waals surface area contributed by atoms with Crippen molar-refractivity contribution in [3.63, 3.8) is 0 Å². The number of carbonyl (C=O) groups excluding carboxylic acids is 2. The monoisotopic (exact) mass is 776 g/mol. The van der Waals surface area contributed by atoms with Crippen LogP contribution in [0, 0.1) is 0 Å². The second kappa shape index (κ2) is 13.3. The standard InChI is InChI=1S/C22H21F21O4Si/c1-10(23)13(24,25)14(26,27)15(28,29)16(30,31)17(32,33)18(34,35)19(36,37)20(38,39)21(40,41)22(42,43)47-12(45)7-6-11(44)46-8-5-9-48(2,3)4/h6-7,10H,5,8-9H2,1-4H3. The highest BCUT2D eigenvalue weighted by molar-refractivity contribution is 6.76. The first-order chi connectivity index (χ1) is 20.7. The van der Waals surface area contributed by atoms with Crippen molar-refractivity contribution in [3.8, 4) is 0 Å². The first-order valence-electron chi connectivity index (χ1n) is 12.2. The van der Waals surface area contributed by atoms with Gasteiger partial charge < -0.3 is 9.47 Å². The molecule has 0 saturated heterocycles. The van der Waals surface area contributed by atoms with E-state index >= 15 is 0 Å². The molecular weight excluding hydrogens is 755 g/mol. The van der Waals surface area contributed by atoms with Crippen LogP contribution in [0.3, 0.4) is 0 Å². The van der Waals surface area contributed by atoms with Crippen LogP contribution in [-0.2, 0) is 19.1 Å². The zero-order chi connectivity index (χ0) is 39.2. The summed E-state index contributed by atoms with van der Waals surface area (Å²) >= 11 is 0. The van der Waals surface area contributed by atoms with Gasteiger partial charge in [0.05, 0.1) is 6.61 Å². The van der Waals surface area contributed by atoms with E-state index in [9.17, 15) is 102 Å². The summed E-state index contributed by atoms with van der Waals surface area (Å²) in [5.74, 6) is -83.3. The lowest BCUT2D eigenvalue weighted by molar-refractivity contribution is -0.479. The molecule has 48 heavy (non-hydrogen) atoms. The number of halogens is 21. The molecule has 0 aliphatic heterocycles. The maximum atomic E-state index is 13.9. The summed E-state index contributed by atoms with van der Waals surface area (Å²) < 4.78 is 294. The van der Waals surface area contributed by atoms with E-state index < -0.39 is 105 Å². The van der Waals surface area contributed by atoms with Crippen LogP contribution in [0.1, 0.15) is 13.3 Å². The Morgan fingerprint density at radius 1 is 0.562 bits per heavy atom. The number of hydrogen-bond acceptors (Lipinski definition) is 4. The summed E-state index contributed by atoms with van der Waals surface area (Å²) in [5, 5.41) is 0. The molecular formula is C22H21F21O4Si. The molecule has 0 saturated carbocycles. The Hall–Kier alpha value is -2.57. The number of alkyl halides is 21. The van der Waals surface area contributed by atoms with Crippen molar-refractivity contribution in [2.45, 2.75) is 105 Å². The van der Waals surface area contributed by atoms with Crippen molar-refractivity contribution < 1.29 is 111 Å². The highest BCUT2D eigenvalue weighted by Gasteiger charge is 2.98. The topological polar surface area (TPSA) is 52.6 Å². The molecule has 0 N–H and O–H groups in total. The van der Waals surface area contributed by atoms with E-state index in [1.807, 2.05) is 19.6 Å². The Bertz CT molecular complexity index is 1190. The van der Waals surface area contributed by atoms with Crippen LogP contribution < -0.4 is 0 Å². The molecule has 0 aromatic carbocycles. The molecule has 0 aromatic rings. The lowest BCUT2D eigenvalue weighted by Gasteiger charge is -2.44. The quantitative estimate of drug-likeness (QED) is 0.0487. The first-order valence-corrected chi connectivity index (χ1v) is 15.9. The molecule has 0 aromatic heterocycles. The van der Waals surface area contributed by atoms with Crippen LogP contribution >= 0.6 is 0 Å². The van der Waals surface area contributed by atoms with Gasteiger partial charge in [0.1, 0.15) is 0 Å². The molecule has 0 radical (unpaired) electrons. The zero-order valence-electron chi connectivity index (χ0n) is 23.9. The van der Waals surface area contributed by atoms with Crippen LogP contribution in [0.4, 0.5) is 92.2 Å². The Labute approximate surface area is 255 Å². The van der Waals surface area contributed by atoms with Gasteiger partial charge in [-0.2, -0.15) is 87.8 Å². The molecule has 0 aliphatic carbocycles. The van der Waals surface area contributed by atoms with Crippen molar-refractivity contribution in [1.82, 2.24) is 0 Å². The zero-order valence-corrected chi connectivity index (χ0v) is 24.9. The molecule has 1 unspecified atom stereocenters. The van der Waals surface area contributed by atoms with E-state index in [4.69, 9.17) is 0 Å². The molecule has 0 fully saturated rings. The second-order valence-electron chi connectivity index (χ2n) is 10.9. The van der Waals surface area contributed by atoms with Crippen molar-refractivity contribution in [3.05, 3.63) is 12.2 Å². The lowest BCUT2D eigenvalue weighted by atomic mass is 9.85. The SMILES string of the molecule is CC(F)C(F)(F)C(F)(F)C(F)(F)C(F)(F)C(F)(F)C(F)(F)C(F)(F)C(F)(F)C(F)(F)C(F)(F)OC(=O)C=CC(=O)OCCC[Si](C)(C)C. The van der Waals surface area contributed by atoms with E-state index in [0.717, 1.165) is 0 Å². The third-order valence-corrected chi connectivity index (χ3v) is 7.80. The van der Waals surface area contributed by atoms with Crippen LogP contribution in [-0.4, -0.2) is 92.2 Å². The predicted molar refractivity (Wildman–Crippen MR) is 119 cm³/mol. The predicted octanol–water partition coefficient (Wildman–Crippen LogP) is 9.03. The average molecular weight is 776 g/mol. The van der Waals surface area contributed by atoms with Crippen molar-refractivity contribution in [2.24, 2.45) is 0 Å². The Balaban J connectivity index is 6.54. The first kappa shape index (κ1) is 45.4. The fraction of sp³-hybridized carbons (Fsp3) is 0.818. The fourth-order valence-electron chi connectivity index (χ4n) is 3.01. The Kier molecular flexibility index (Phi) is 12.6. The number of ether oxygens (including phenoxy) is 2. The van der Waals surface area contributed by atoms with Gasteiger partial charge in [0, 0.05) is 20.2 Å². The largest absolute Gasteiger partial charge is 0.473 e. The van der Waals surface area contributed by atoms with Gasteiger partial charge in [-0.15, -0.1) is 0 Å². The highest BCUT2D eigenvalue weighted by atomic mass is 28.3. The molecule has 26 heteroatoms. The van der Waals surface area contributed by atoms with Gasteiger partial charge in [-0.25, -0.2) is 14.0 Å². The minimum Gasteiger partial charge on any atom is -0.463 e. The normalized spacial score (nSPS) is 16.3. The van der Waals surface area contributed by atoms with Gasteiger partial charge in [-0.1, -0.05) is 25.7 Å². The third kappa shape index (κ3) is 7.45. The molecule has 0 aliphatic rings. The molecule has 0 heterocycles. The van der Waals surface area contributed by atoms with E-state index in [1.54, 1.807) is 0 Å². The van der Waals surface area contributed by atoms with E-state index in [0.29, 0.717) is 6.04 Å². The van der Waals surface area contributed by atoms with E-state index in [2.05, 4.69) is 9.47 Å². The molecule has 0 amide bonds. The third-order valence-electron chi connectivity index (χ3n) is 5.94. The van der Waals surface area contributed by atoms with Gasteiger partial charge in [-0.05, 0) is 13.3 Å². The average Bonchev–Trinajstić information content (AvgIpc) is 2.87. The molecule has 4 nitrogen and oxygen atoms in total. The van der Waals surface area contributed by atoms with Crippen LogP contribution in [0.25, 0.3) is 0 Å². The Morgan fingerprint density at radius 3 is 1.21 bits per heavy atom. The van der Waals surface area contributed by atoms with E-state index in [-0.39, 0.29) is 12.5 Å². The van der Waals surface area contributed by atoms with Crippen molar-refractivity contribution >= 4 is 20.0 Å². The molecule has 1 atom stereocenters. The Morgan fingerprint density at radius 2 is 0.875 bits per heavy atom. The maximum absolute atomic E-state index is 13.9. The maximum Gasteiger partial charge on any atom is 0.473 e. The fourth-order valence-corrected chi connectivity index (χ4v) is 4.21.